The highest BCUT2D eigenvalue weighted by Crippen LogP contribution is 2.37. The number of hydrogen-bond acceptors (Lipinski definition) is 9. The molecule has 0 bridgehead atoms. The third-order valence-electron chi connectivity index (χ3n) is 3.79. The molecule has 0 fully saturated rings. The van der Waals surface area contributed by atoms with Gasteiger partial charge in [0.05, 0.1) is 5.69 Å². The van der Waals surface area contributed by atoms with Crippen LogP contribution in [0.4, 0.5) is 11.6 Å². The number of esters is 1. The minimum absolute atomic E-state index is 0.0420. The summed E-state index contributed by atoms with van der Waals surface area (Å²) < 4.78 is 15.5. The number of ketones is 1. The van der Waals surface area contributed by atoms with E-state index < -0.39 is 18.5 Å². The van der Waals surface area contributed by atoms with Crippen LogP contribution in [0.1, 0.15) is 17.3 Å². The first-order chi connectivity index (χ1) is 13.4. The molecule has 1 amide bonds. The zero-order valence-corrected chi connectivity index (χ0v) is 15.3. The maximum absolute atomic E-state index is 12.1. The minimum atomic E-state index is -0.623. The second-order valence-electron chi connectivity index (χ2n) is 5.92. The number of nitrogens with one attached hydrogen (secondary N) is 1. The summed E-state index contributed by atoms with van der Waals surface area (Å²) in [6.07, 6.45) is 3.10. The van der Waals surface area contributed by atoms with Gasteiger partial charge in [0.25, 0.3) is 5.91 Å². The average molecular weight is 386 g/mol. The van der Waals surface area contributed by atoms with Gasteiger partial charge < -0.3 is 24.4 Å². The Morgan fingerprint density at radius 2 is 1.86 bits per heavy atom. The number of rotatable bonds is 7. The van der Waals surface area contributed by atoms with Gasteiger partial charge in [0.2, 0.25) is 12.7 Å². The number of Topliss-reactive ketones (excluding diaryl/α,β-unsaturated/α-hetero) is 1. The van der Waals surface area contributed by atoms with Gasteiger partial charge in [-0.1, -0.05) is 0 Å². The molecular weight excluding hydrogens is 368 g/mol. The molecule has 1 N–H and O–H groups in total. The quantitative estimate of drug-likeness (QED) is 0.549. The van der Waals surface area contributed by atoms with E-state index in [0.717, 1.165) is 0 Å². The number of carbonyl (C=O) groups excluding carboxylic acids is 3. The fourth-order valence-corrected chi connectivity index (χ4v) is 2.47. The van der Waals surface area contributed by atoms with Crippen molar-refractivity contribution < 1.29 is 28.6 Å². The van der Waals surface area contributed by atoms with Gasteiger partial charge in [-0.2, -0.15) is 0 Å². The first-order valence-electron chi connectivity index (χ1n) is 8.32. The molecule has 2 aromatic rings. The fourth-order valence-electron chi connectivity index (χ4n) is 2.47. The lowest BCUT2D eigenvalue weighted by molar-refractivity contribution is -0.145. The predicted molar refractivity (Wildman–Crippen MR) is 97.5 cm³/mol. The molecule has 0 radical (unpaired) electrons. The molecule has 1 aliphatic heterocycles. The molecule has 0 spiro atoms. The second kappa shape index (κ2) is 8.33. The summed E-state index contributed by atoms with van der Waals surface area (Å²) in [5.41, 5.74) is 0.525. The monoisotopic (exact) mass is 386 g/mol. The average Bonchev–Trinajstić information content (AvgIpc) is 3.13. The number of fused-ring (bicyclic) bond motifs is 1. The van der Waals surface area contributed by atoms with Crippen LogP contribution < -0.4 is 19.7 Å². The van der Waals surface area contributed by atoms with E-state index in [4.69, 9.17) is 14.2 Å². The van der Waals surface area contributed by atoms with Crippen LogP contribution in [0.25, 0.3) is 0 Å². The summed E-state index contributed by atoms with van der Waals surface area (Å²) in [5, 5.41) is 2.55. The topological polar surface area (TPSA) is 120 Å². The first kappa shape index (κ1) is 19.1. The summed E-state index contributed by atoms with van der Waals surface area (Å²) >= 11 is 0. The Morgan fingerprint density at radius 3 is 2.54 bits per heavy atom. The number of hydrogen-bond donors (Lipinski definition) is 1. The summed E-state index contributed by atoms with van der Waals surface area (Å²) in [4.78, 5) is 45.4. The Morgan fingerprint density at radius 1 is 1.18 bits per heavy atom. The highest BCUT2D eigenvalue weighted by molar-refractivity contribution is 6.05. The molecule has 0 atom stereocenters. The third-order valence-corrected chi connectivity index (χ3v) is 3.79. The Hall–Kier alpha value is -3.69. The van der Waals surface area contributed by atoms with Gasteiger partial charge in [0, 0.05) is 31.1 Å². The summed E-state index contributed by atoms with van der Waals surface area (Å²) in [6, 6.07) is 4.66. The number of aromatic nitrogens is 2. The van der Waals surface area contributed by atoms with Crippen molar-refractivity contribution in [3.05, 3.63) is 36.2 Å². The molecule has 10 nitrogen and oxygen atoms in total. The van der Waals surface area contributed by atoms with Gasteiger partial charge in [0.15, 0.2) is 23.9 Å². The maximum Gasteiger partial charge on any atom is 0.326 e. The van der Waals surface area contributed by atoms with E-state index in [0.29, 0.717) is 17.4 Å². The van der Waals surface area contributed by atoms with Crippen LogP contribution >= 0.6 is 0 Å². The number of nitrogens with zero attached hydrogens (tertiary/aromatic N) is 3. The van der Waals surface area contributed by atoms with Gasteiger partial charge in [-0.25, -0.2) is 9.97 Å². The van der Waals surface area contributed by atoms with Crippen LogP contribution in [0.3, 0.4) is 0 Å². The number of amides is 1. The van der Waals surface area contributed by atoms with E-state index in [1.807, 2.05) is 0 Å². The lowest BCUT2D eigenvalue weighted by Gasteiger charge is -2.15. The van der Waals surface area contributed by atoms with Crippen LogP contribution in [0.5, 0.6) is 11.5 Å². The molecule has 1 aromatic heterocycles. The Bertz CT molecular complexity index is 902. The predicted octanol–water partition coefficient (Wildman–Crippen LogP) is 1.03. The molecule has 0 aliphatic carbocycles. The molecule has 3 rings (SSSR count). The molecular formula is C18H18N4O6. The molecule has 0 saturated heterocycles. The second-order valence-corrected chi connectivity index (χ2v) is 5.92. The zero-order chi connectivity index (χ0) is 20.1. The number of benzene rings is 1. The lowest BCUT2D eigenvalue weighted by Crippen LogP contribution is -2.30. The van der Waals surface area contributed by atoms with Crippen molar-refractivity contribution in [2.24, 2.45) is 0 Å². The van der Waals surface area contributed by atoms with Crippen LogP contribution in [0.15, 0.2) is 30.6 Å². The Kier molecular flexibility index (Phi) is 5.68. The van der Waals surface area contributed by atoms with Crippen LogP contribution in [0.2, 0.25) is 0 Å². The molecule has 10 heteroatoms. The van der Waals surface area contributed by atoms with Gasteiger partial charge in [0.1, 0.15) is 6.54 Å². The number of carbonyl (C=O) groups is 3. The Balaban J connectivity index is 1.56. The molecule has 1 aromatic carbocycles. The van der Waals surface area contributed by atoms with E-state index in [2.05, 4.69) is 15.3 Å². The van der Waals surface area contributed by atoms with Crippen molar-refractivity contribution in [1.29, 1.82) is 0 Å². The summed E-state index contributed by atoms with van der Waals surface area (Å²) in [6.45, 7) is 0.781. The SMILES string of the molecule is CC(=O)c1cc2c(cc1NC(=O)COC(=O)CN(C)c1ncccn1)OCO2. The maximum atomic E-state index is 12.1. The van der Waals surface area contributed by atoms with Crippen LogP contribution in [0, 0.1) is 0 Å². The smallest absolute Gasteiger partial charge is 0.326 e. The highest BCUT2D eigenvalue weighted by Gasteiger charge is 2.21. The molecule has 1 aliphatic rings. The van der Waals surface area contributed by atoms with E-state index >= 15 is 0 Å². The number of ether oxygens (including phenoxy) is 3. The van der Waals surface area contributed by atoms with Crippen LogP contribution in [-0.4, -0.2) is 54.6 Å². The molecule has 146 valence electrons. The molecule has 0 saturated carbocycles. The van der Waals surface area contributed by atoms with E-state index in [1.165, 1.54) is 24.0 Å². The number of likely N-dealkylation sites (N-methyl/N-ethyl adjacent to an activating group) is 1. The summed E-state index contributed by atoms with van der Waals surface area (Å²) in [5.74, 6) is -0.260. The number of anilines is 2. The summed E-state index contributed by atoms with van der Waals surface area (Å²) in [7, 11) is 1.63. The first-order valence-corrected chi connectivity index (χ1v) is 8.32. The Labute approximate surface area is 160 Å². The van der Waals surface area contributed by atoms with Gasteiger partial charge in [-0.15, -0.1) is 0 Å². The third kappa shape index (κ3) is 4.53. The van der Waals surface area contributed by atoms with Crippen molar-refractivity contribution in [2.75, 3.05) is 37.2 Å². The van der Waals surface area contributed by atoms with Gasteiger partial charge in [-0.05, 0) is 19.1 Å². The normalized spacial score (nSPS) is 11.6. The highest BCUT2D eigenvalue weighted by atomic mass is 16.7. The standard InChI is InChI=1S/C18H18N4O6/c1-11(23)12-6-14-15(28-10-27-14)7-13(12)21-16(24)9-26-17(25)8-22(2)18-19-4-3-5-20-18/h3-7H,8-10H2,1-2H3,(H,21,24). The van der Waals surface area contributed by atoms with Crippen molar-refractivity contribution in [3.8, 4) is 11.5 Å². The largest absolute Gasteiger partial charge is 0.454 e. The van der Waals surface area contributed by atoms with E-state index in [1.54, 1.807) is 25.5 Å². The molecule has 0 unspecified atom stereocenters. The van der Waals surface area contributed by atoms with Gasteiger partial charge in [-0.3, -0.25) is 14.4 Å². The van der Waals surface area contributed by atoms with Crippen molar-refractivity contribution >= 4 is 29.3 Å². The van der Waals surface area contributed by atoms with Crippen molar-refractivity contribution in [1.82, 2.24) is 9.97 Å². The molecule has 2 heterocycles. The molecule has 28 heavy (non-hydrogen) atoms. The van der Waals surface area contributed by atoms with Crippen molar-refractivity contribution in [3.63, 3.8) is 0 Å². The fraction of sp³-hybridized carbons (Fsp3) is 0.278. The van der Waals surface area contributed by atoms with E-state index in [9.17, 15) is 14.4 Å². The lowest BCUT2D eigenvalue weighted by atomic mass is 10.1. The van der Waals surface area contributed by atoms with Crippen LogP contribution in [-0.2, 0) is 14.3 Å². The zero-order valence-electron chi connectivity index (χ0n) is 15.3. The van der Waals surface area contributed by atoms with Gasteiger partial charge >= 0.3 is 5.97 Å². The minimum Gasteiger partial charge on any atom is -0.454 e. The van der Waals surface area contributed by atoms with E-state index in [-0.39, 0.29) is 30.4 Å². The van der Waals surface area contributed by atoms with Crippen molar-refractivity contribution in [2.45, 2.75) is 6.92 Å².